The second-order valence-corrected chi connectivity index (χ2v) is 6.91. The van der Waals surface area contributed by atoms with Gasteiger partial charge in [0.25, 0.3) is 5.91 Å². The number of ether oxygens (including phenoxy) is 1. The summed E-state index contributed by atoms with van der Waals surface area (Å²) >= 11 is 1.63. The van der Waals surface area contributed by atoms with Crippen molar-refractivity contribution in [3.63, 3.8) is 0 Å². The maximum atomic E-state index is 12.2. The van der Waals surface area contributed by atoms with Gasteiger partial charge in [-0.15, -0.1) is 11.3 Å². The number of aryl methyl sites for hydroxylation is 1. The number of fused-ring (bicyclic) bond motifs is 1. The SMILES string of the molecule is CC(C)CNC(=O)[C@H](C)OC(=O)c1csc2c1CCCC2. The lowest BCUT2D eigenvalue weighted by Gasteiger charge is -2.16. The molecule has 1 aliphatic carbocycles. The Morgan fingerprint density at radius 1 is 1.29 bits per heavy atom. The smallest absolute Gasteiger partial charge is 0.340 e. The molecule has 0 saturated heterocycles. The van der Waals surface area contributed by atoms with E-state index in [2.05, 4.69) is 5.32 Å². The molecule has 1 N–H and O–H groups in total. The molecule has 116 valence electrons. The summed E-state index contributed by atoms with van der Waals surface area (Å²) in [7, 11) is 0. The summed E-state index contributed by atoms with van der Waals surface area (Å²) in [6.07, 6.45) is 3.55. The van der Waals surface area contributed by atoms with E-state index in [1.165, 1.54) is 11.3 Å². The van der Waals surface area contributed by atoms with E-state index in [9.17, 15) is 9.59 Å². The van der Waals surface area contributed by atoms with Crippen molar-refractivity contribution in [3.8, 4) is 0 Å². The van der Waals surface area contributed by atoms with Crippen LogP contribution < -0.4 is 5.32 Å². The third-order valence-corrected chi connectivity index (χ3v) is 4.71. The Morgan fingerprint density at radius 3 is 2.71 bits per heavy atom. The third kappa shape index (κ3) is 4.06. The summed E-state index contributed by atoms with van der Waals surface area (Å²) in [5, 5.41) is 4.65. The van der Waals surface area contributed by atoms with Gasteiger partial charge in [-0.1, -0.05) is 13.8 Å². The van der Waals surface area contributed by atoms with Crippen LogP contribution in [-0.2, 0) is 22.4 Å². The van der Waals surface area contributed by atoms with Crippen molar-refractivity contribution < 1.29 is 14.3 Å². The van der Waals surface area contributed by atoms with Crippen LogP contribution in [0.1, 0.15) is 54.4 Å². The van der Waals surface area contributed by atoms with E-state index in [0.717, 1.165) is 24.8 Å². The predicted octanol–water partition coefficient (Wildman–Crippen LogP) is 2.94. The third-order valence-electron chi connectivity index (χ3n) is 3.62. The summed E-state index contributed by atoms with van der Waals surface area (Å²) in [6, 6.07) is 0. The molecule has 1 amide bonds. The van der Waals surface area contributed by atoms with Crippen LogP contribution in [-0.4, -0.2) is 24.5 Å². The van der Waals surface area contributed by atoms with Gasteiger partial charge < -0.3 is 10.1 Å². The van der Waals surface area contributed by atoms with Crippen LogP contribution in [0.25, 0.3) is 0 Å². The number of nitrogens with one attached hydrogen (secondary N) is 1. The fourth-order valence-corrected chi connectivity index (χ4v) is 3.51. The number of hydrogen-bond donors (Lipinski definition) is 1. The number of hydrogen-bond acceptors (Lipinski definition) is 4. The molecule has 5 heteroatoms. The zero-order valence-corrected chi connectivity index (χ0v) is 13.7. The maximum Gasteiger partial charge on any atom is 0.340 e. The van der Waals surface area contributed by atoms with E-state index in [-0.39, 0.29) is 11.9 Å². The molecule has 0 unspecified atom stereocenters. The Morgan fingerprint density at radius 2 is 2.00 bits per heavy atom. The molecule has 0 aromatic carbocycles. The highest BCUT2D eigenvalue weighted by atomic mass is 32.1. The average Bonchev–Trinajstić information content (AvgIpc) is 2.88. The molecule has 0 bridgehead atoms. The molecule has 0 saturated carbocycles. The summed E-state index contributed by atoms with van der Waals surface area (Å²) in [6.45, 7) is 6.25. The molecule has 2 rings (SSSR count). The largest absolute Gasteiger partial charge is 0.449 e. The van der Waals surface area contributed by atoms with Crippen molar-refractivity contribution in [3.05, 3.63) is 21.4 Å². The minimum absolute atomic E-state index is 0.235. The van der Waals surface area contributed by atoms with Gasteiger partial charge in [0.15, 0.2) is 6.10 Å². The molecule has 0 spiro atoms. The maximum absolute atomic E-state index is 12.2. The standard InChI is InChI=1S/C16H23NO3S/c1-10(2)8-17-15(18)11(3)20-16(19)13-9-21-14-7-5-4-6-12(13)14/h9-11H,4-8H2,1-3H3,(H,17,18)/t11-/m0/s1. The first-order valence-corrected chi connectivity index (χ1v) is 8.45. The van der Waals surface area contributed by atoms with Crippen molar-refractivity contribution in [2.24, 2.45) is 5.92 Å². The van der Waals surface area contributed by atoms with Crippen LogP contribution in [0, 0.1) is 5.92 Å². The van der Waals surface area contributed by atoms with Gasteiger partial charge in [-0.2, -0.15) is 0 Å². The monoisotopic (exact) mass is 309 g/mol. The van der Waals surface area contributed by atoms with E-state index in [1.807, 2.05) is 19.2 Å². The van der Waals surface area contributed by atoms with Crippen LogP contribution in [0.15, 0.2) is 5.38 Å². The number of carbonyl (C=O) groups is 2. The van der Waals surface area contributed by atoms with Gasteiger partial charge in [-0.05, 0) is 44.1 Å². The summed E-state index contributed by atoms with van der Waals surface area (Å²) < 4.78 is 5.31. The van der Waals surface area contributed by atoms with Crippen molar-refractivity contribution in [2.45, 2.75) is 52.6 Å². The first-order valence-electron chi connectivity index (χ1n) is 7.57. The zero-order chi connectivity index (χ0) is 15.4. The molecule has 4 nitrogen and oxygen atoms in total. The van der Waals surface area contributed by atoms with Gasteiger partial charge in [-0.3, -0.25) is 4.79 Å². The molecule has 1 aromatic rings. The number of esters is 1. The molecule has 0 radical (unpaired) electrons. The highest BCUT2D eigenvalue weighted by Gasteiger charge is 2.24. The van der Waals surface area contributed by atoms with Crippen molar-refractivity contribution in [2.75, 3.05) is 6.54 Å². The van der Waals surface area contributed by atoms with E-state index in [0.29, 0.717) is 18.0 Å². The van der Waals surface area contributed by atoms with E-state index in [1.54, 1.807) is 18.3 Å². The lowest BCUT2D eigenvalue weighted by atomic mass is 9.96. The number of carbonyl (C=O) groups excluding carboxylic acids is 2. The fraction of sp³-hybridized carbons (Fsp3) is 0.625. The molecular formula is C16H23NO3S. The topological polar surface area (TPSA) is 55.4 Å². The molecule has 21 heavy (non-hydrogen) atoms. The van der Waals surface area contributed by atoms with Gasteiger partial charge in [0, 0.05) is 16.8 Å². The van der Waals surface area contributed by atoms with Crippen LogP contribution in [0.4, 0.5) is 0 Å². The first-order chi connectivity index (χ1) is 9.99. The molecule has 1 heterocycles. The van der Waals surface area contributed by atoms with E-state index >= 15 is 0 Å². The van der Waals surface area contributed by atoms with Crippen molar-refractivity contribution in [1.29, 1.82) is 0 Å². The molecule has 1 atom stereocenters. The Kier molecular flexibility index (Phi) is 5.39. The predicted molar refractivity (Wildman–Crippen MR) is 83.7 cm³/mol. The number of amides is 1. The second kappa shape index (κ2) is 7.07. The van der Waals surface area contributed by atoms with E-state index < -0.39 is 6.10 Å². The van der Waals surface area contributed by atoms with Crippen LogP contribution in [0.3, 0.4) is 0 Å². The lowest BCUT2D eigenvalue weighted by molar-refractivity contribution is -0.129. The Balaban J connectivity index is 1.95. The van der Waals surface area contributed by atoms with Crippen LogP contribution in [0.2, 0.25) is 0 Å². The van der Waals surface area contributed by atoms with Gasteiger partial charge in [-0.25, -0.2) is 4.79 Å². The lowest BCUT2D eigenvalue weighted by Crippen LogP contribution is -2.37. The second-order valence-electron chi connectivity index (χ2n) is 5.94. The highest BCUT2D eigenvalue weighted by molar-refractivity contribution is 7.10. The summed E-state index contributed by atoms with van der Waals surface area (Å²) in [5.74, 6) is -0.233. The zero-order valence-electron chi connectivity index (χ0n) is 12.9. The van der Waals surface area contributed by atoms with Gasteiger partial charge >= 0.3 is 5.97 Å². The molecule has 1 aliphatic rings. The summed E-state index contributed by atoms with van der Waals surface area (Å²) in [5.41, 5.74) is 1.78. The highest BCUT2D eigenvalue weighted by Crippen LogP contribution is 2.30. The minimum Gasteiger partial charge on any atom is -0.449 e. The van der Waals surface area contributed by atoms with Crippen LogP contribution >= 0.6 is 11.3 Å². The van der Waals surface area contributed by atoms with Crippen LogP contribution in [0.5, 0.6) is 0 Å². The average molecular weight is 309 g/mol. The molecule has 1 aromatic heterocycles. The van der Waals surface area contributed by atoms with Gasteiger partial charge in [0.1, 0.15) is 0 Å². The van der Waals surface area contributed by atoms with E-state index in [4.69, 9.17) is 4.74 Å². The number of thiophene rings is 1. The van der Waals surface area contributed by atoms with Gasteiger partial charge in [0.2, 0.25) is 0 Å². The Bertz CT molecular complexity index is 522. The quantitative estimate of drug-likeness (QED) is 0.851. The van der Waals surface area contributed by atoms with Crippen molar-refractivity contribution in [1.82, 2.24) is 5.32 Å². The Labute approximate surface area is 129 Å². The number of rotatable bonds is 5. The fourth-order valence-electron chi connectivity index (χ4n) is 2.39. The van der Waals surface area contributed by atoms with Gasteiger partial charge in [0.05, 0.1) is 5.56 Å². The molecule has 0 fully saturated rings. The Hall–Kier alpha value is -1.36. The van der Waals surface area contributed by atoms with Crippen molar-refractivity contribution >= 4 is 23.2 Å². The summed E-state index contributed by atoms with van der Waals surface area (Å²) in [4.78, 5) is 25.4. The normalized spacial score (nSPS) is 15.4. The first kappa shape index (κ1) is 16.0. The molecular weight excluding hydrogens is 286 g/mol. The minimum atomic E-state index is -0.754. The molecule has 0 aliphatic heterocycles.